The average Bonchev–Trinajstić information content (AvgIpc) is 2.94. The molecule has 140 valence electrons. The molecule has 1 aliphatic rings. The molecule has 0 unspecified atom stereocenters. The van der Waals surface area contributed by atoms with E-state index in [0.717, 1.165) is 29.0 Å². The summed E-state index contributed by atoms with van der Waals surface area (Å²) in [7, 11) is 0. The van der Waals surface area contributed by atoms with Gasteiger partial charge in [-0.25, -0.2) is 0 Å². The number of carbonyl (C=O) groups excluding carboxylic acids is 1. The van der Waals surface area contributed by atoms with E-state index in [1.54, 1.807) is 0 Å². The maximum Gasteiger partial charge on any atom is 0.263 e. The van der Waals surface area contributed by atoms with Crippen LogP contribution >= 0.6 is 24.0 Å². The summed E-state index contributed by atoms with van der Waals surface area (Å²) < 4.78 is 12.1. The van der Waals surface area contributed by atoms with E-state index in [0.29, 0.717) is 22.4 Å². The normalized spacial score (nSPS) is 15.1. The van der Waals surface area contributed by atoms with E-state index in [4.69, 9.17) is 21.7 Å². The SMILES string of the molecule is Cc1ccc(OCCCOc2cccc(/C=C3\SC(=S)NC3=O)c2)c(C)c1. The van der Waals surface area contributed by atoms with Crippen molar-refractivity contribution in [2.75, 3.05) is 13.2 Å². The molecule has 0 spiro atoms. The van der Waals surface area contributed by atoms with Crippen LogP contribution in [-0.4, -0.2) is 23.4 Å². The van der Waals surface area contributed by atoms with Crippen molar-refractivity contribution < 1.29 is 14.3 Å². The van der Waals surface area contributed by atoms with E-state index < -0.39 is 0 Å². The van der Waals surface area contributed by atoms with E-state index in [9.17, 15) is 4.79 Å². The van der Waals surface area contributed by atoms with E-state index in [1.807, 2.05) is 36.4 Å². The molecule has 0 bridgehead atoms. The number of carbonyl (C=O) groups is 1. The molecule has 0 atom stereocenters. The molecule has 1 aliphatic heterocycles. The molecule has 1 heterocycles. The molecule has 1 fully saturated rings. The minimum Gasteiger partial charge on any atom is -0.493 e. The number of rotatable bonds is 7. The average molecular weight is 400 g/mol. The van der Waals surface area contributed by atoms with Gasteiger partial charge in [-0.15, -0.1) is 0 Å². The van der Waals surface area contributed by atoms with Gasteiger partial charge in [-0.05, 0) is 49.2 Å². The molecule has 0 radical (unpaired) electrons. The Bertz CT molecular complexity index is 893. The molecule has 0 aromatic heterocycles. The lowest BCUT2D eigenvalue weighted by atomic mass is 10.1. The van der Waals surface area contributed by atoms with E-state index >= 15 is 0 Å². The third kappa shape index (κ3) is 5.58. The largest absolute Gasteiger partial charge is 0.493 e. The third-order valence-corrected chi connectivity index (χ3v) is 5.11. The number of benzene rings is 2. The first kappa shape index (κ1) is 19.5. The second-order valence-corrected chi connectivity index (χ2v) is 7.96. The van der Waals surface area contributed by atoms with Crippen molar-refractivity contribution in [3.8, 4) is 11.5 Å². The quantitative estimate of drug-likeness (QED) is 0.418. The number of ether oxygens (including phenoxy) is 2. The fourth-order valence-electron chi connectivity index (χ4n) is 2.66. The predicted molar refractivity (Wildman–Crippen MR) is 114 cm³/mol. The molecule has 2 aromatic rings. The molecular weight excluding hydrogens is 378 g/mol. The molecule has 0 saturated carbocycles. The van der Waals surface area contributed by atoms with Gasteiger partial charge in [0.2, 0.25) is 0 Å². The Morgan fingerprint density at radius 3 is 2.67 bits per heavy atom. The lowest BCUT2D eigenvalue weighted by Crippen LogP contribution is -2.17. The van der Waals surface area contributed by atoms with Crippen molar-refractivity contribution in [2.45, 2.75) is 20.3 Å². The monoisotopic (exact) mass is 399 g/mol. The van der Waals surface area contributed by atoms with E-state index in [2.05, 4.69) is 31.3 Å². The standard InChI is InChI=1S/C21H21NO3S2/c1-14-7-8-18(15(2)11-14)25-10-4-9-24-17-6-3-5-16(12-17)13-19-20(23)22-21(26)27-19/h3,5-8,11-13H,4,9-10H2,1-2H3,(H,22,23,26)/b19-13-. The Morgan fingerprint density at radius 1 is 1.11 bits per heavy atom. The Labute approximate surface area is 168 Å². The van der Waals surface area contributed by atoms with Crippen LogP contribution in [0.25, 0.3) is 6.08 Å². The number of thioether (sulfide) groups is 1. The van der Waals surface area contributed by atoms with Crippen LogP contribution in [0.5, 0.6) is 11.5 Å². The van der Waals surface area contributed by atoms with Gasteiger partial charge in [-0.1, -0.05) is 53.8 Å². The van der Waals surface area contributed by atoms with Crippen LogP contribution in [0.15, 0.2) is 47.4 Å². The Balaban J connectivity index is 1.48. The highest BCUT2D eigenvalue weighted by Gasteiger charge is 2.21. The van der Waals surface area contributed by atoms with E-state index in [-0.39, 0.29) is 5.91 Å². The molecule has 1 saturated heterocycles. The second-order valence-electron chi connectivity index (χ2n) is 6.24. The van der Waals surface area contributed by atoms with Crippen LogP contribution in [0.3, 0.4) is 0 Å². The van der Waals surface area contributed by atoms with E-state index in [1.165, 1.54) is 17.3 Å². The zero-order valence-corrected chi connectivity index (χ0v) is 16.9. The molecule has 6 heteroatoms. The summed E-state index contributed by atoms with van der Waals surface area (Å²) in [6.07, 6.45) is 2.60. The molecule has 2 aromatic carbocycles. The van der Waals surface area contributed by atoms with Gasteiger partial charge in [-0.3, -0.25) is 4.79 Å². The minimum atomic E-state index is -0.153. The maximum absolute atomic E-state index is 11.7. The van der Waals surface area contributed by atoms with Gasteiger partial charge >= 0.3 is 0 Å². The van der Waals surface area contributed by atoms with Gasteiger partial charge in [0.1, 0.15) is 15.8 Å². The van der Waals surface area contributed by atoms with Crippen molar-refractivity contribution in [3.05, 3.63) is 64.1 Å². The second kappa shape index (κ2) is 9.06. The third-order valence-electron chi connectivity index (χ3n) is 3.94. The van der Waals surface area contributed by atoms with Gasteiger partial charge in [-0.2, -0.15) is 0 Å². The number of thiocarbonyl (C=S) groups is 1. The van der Waals surface area contributed by atoms with Crippen LogP contribution in [0.4, 0.5) is 0 Å². The van der Waals surface area contributed by atoms with Gasteiger partial charge in [0.15, 0.2) is 0 Å². The zero-order chi connectivity index (χ0) is 19.2. The topological polar surface area (TPSA) is 47.6 Å². The van der Waals surface area contributed by atoms with Crippen LogP contribution in [0, 0.1) is 13.8 Å². The number of amides is 1. The first-order chi connectivity index (χ1) is 13.0. The highest BCUT2D eigenvalue weighted by molar-refractivity contribution is 8.26. The van der Waals surface area contributed by atoms with Crippen molar-refractivity contribution >= 4 is 40.3 Å². The Morgan fingerprint density at radius 2 is 1.93 bits per heavy atom. The number of hydrogen-bond donors (Lipinski definition) is 1. The first-order valence-electron chi connectivity index (χ1n) is 8.69. The smallest absolute Gasteiger partial charge is 0.263 e. The summed E-state index contributed by atoms with van der Waals surface area (Å²) in [5.74, 6) is 1.53. The van der Waals surface area contributed by atoms with Crippen molar-refractivity contribution in [1.82, 2.24) is 5.32 Å². The number of nitrogens with one attached hydrogen (secondary N) is 1. The Kier molecular flexibility index (Phi) is 6.53. The number of hydrogen-bond acceptors (Lipinski definition) is 5. The predicted octanol–water partition coefficient (Wildman–Crippen LogP) is 4.64. The Hall–Kier alpha value is -2.31. The fraction of sp³-hybridized carbons (Fsp3) is 0.238. The minimum absolute atomic E-state index is 0.153. The van der Waals surface area contributed by atoms with Crippen LogP contribution < -0.4 is 14.8 Å². The summed E-state index contributed by atoms with van der Waals surface area (Å²) >= 11 is 6.27. The van der Waals surface area contributed by atoms with Gasteiger partial charge in [0.05, 0.1) is 18.1 Å². The summed E-state index contributed by atoms with van der Waals surface area (Å²) in [6, 6.07) is 13.8. The van der Waals surface area contributed by atoms with Gasteiger partial charge < -0.3 is 14.8 Å². The van der Waals surface area contributed by atoms with Gasteiger partial charge in [0, 0.05) is 6.42 Å². The fourth-order valence-corrected chi connectivity index (χ4v) is 3.70. The molecule has 27 heavy (non-hydrogen) atoms. The van der Waals surface area contributed by atoms with Crippen molar-refractivity contribution in [3.63, 3.8) is 0 Å². The molecule has 1 N–H and O–H groups in total. The van der Waals surface area contributed by atoms with Gasteiger partial charge in [0.25, 0.3) is 5.91 Å². The summed E-state index contributed by atoms with van der Waals surface area (Å²) in [4.78, 5) is 12.3. The van der Waals surface area contributed by atoms with Crippen LogP contribution in [-0.2, 0) is 4.79 Å². The lowest BCUT2D eigenvalue weighted by molar-refractivity contribution is -0.115. The zero-order valence-electron chi connectivity index (χ0n) is 15.3. The summed E-state index contributed by atoms with van der Waals surface area (Å²) in [5, 5.41) is 2.61. The molecule has 1 amide bonds. The van der Waals surface area contributed by atoms with Crippen LogP contribution in [0.1, 0.15) is 23.1 Å². The highest BCUT2D eigenvalue weighted by Crippen LogP contribution is 2.27. The molecular formula is C21H21NO3S2. The lowest BCUT2D eigenvalue weighted by Gasteiger charge is -2.10. The molecule has 3 rings (SSSR count). The van der Waals surface area contributed by atoms with Crippen LogP contribution in [0.2, 0.25) is 0 Å². The first-order valence-corrected chi connectivity index (χ1v) is 9.91. The summed E-state index contributed by atoms with van der Waals surface area (Å²) in [6.45, 7) is 5.28. The molecule has 0 aliphatic carbocycles. The summed E-state index contributed by atoms with van der Waals surface area (Å²) in [5.41, 5.74) is 3.28. The number of aryl methyl sites for hydroxylation is 2. The molecule has 4 nitrogen and oxygen atoms in total. The van der Waals surface area contributed by atoms with Crippen molar-refractivity contribution in [2.24, 2.45) is 0 Å². The van der Waals surface area contributed by atoms with Crippen molar-refractivity contribution in [1.29, 1.82) is 0 Å². The highest BCUT2D eigenvalue weighted by atomic mass is 32.2. The maximum atomic E-state index is 11.7.